The van der Waals surface area contributed by atoms with Crippen LogP contribution < -0.4 is 10.6 Å². The van der Waals surface area contributed by atoms with Crippen molar-refractivity contribution in [3.63, 3.8) is 0 Å². The lowest BCUT2D eigenvalue weighted by molar-refractivity contribution is -0.115. The molecule has 0 fully saturated rings. The van der Waals surface area contributed by atoms with E-state index in [1.807, 2.05) is 48.5 Å². The van der Waals surface area contributed by atoms with Gasteiger partial charge in [0.15, 0.2) is 5.82 Å². The van der Waals surface area contributed by atoms with Crippen molar-refractivity contribution in [3.05, 3.63) is 60.4 Å². The highest BCUT2D eigenvalue weighted by Gasteiger charge is 2.18. The van der Waals surface area contributed by atoms with Crippen LogP contribution in [0.15, 0.2) is 59.1 Å². The van der Waals surface area contributed by atoms with Crippen LogP contribution in [-0.4, -0.2) is 33.0 Å². The van der Waals surface area contributed by atoms with Gasteiger partial charge < -0.3 is 15.2 Å². The number of hydrogen-bond acceptors (Lipinski definition) is 7. The molecule has 2 aromatic heterocycles. The first-order valence-corrected chi connectivity index (χ1v) is 11.5. The molecule has 2 amide bonds. The molecular formula is C22H20N4O3S2. The largest absolute Gasteiger partial charge is 0.360 e. The topological polar surface area (TPSA) is 97.1 Å². The lowest BCUT2D eigenvalue weighted by atomic mass is 10.2. The van der Waals surface area contributed by atoms with Crippen molar-refractivity contribution in [2.75, 3.05) is 16.4 Å². The second-order valence-corrected chi connectivity index (χ2v) is 9.21. The second kappa shape index (κ2) is 9.32. The van der Waals surface area contributed by atoms with Gasteiger partial charge in [0.05, 0.1) is 26.9 Å². The summed E-state index contributed by atoms with van der Waals surface area (Å²) in [5, 5.41) is 9.79. The van der Waals surface area contributed by atoms with Gasteiger partial charge in [-0.1, -0.05) is 29.4 Å². The van der Waals surface area contributed by atoms with Gasteiger partial charge in [0.25, 0.3) is 0 Å². The van der Waals surface area contributed by atoms with Gasteiger partial charge in [-0.15, -0.1) is 23.1 Å². The highest BCUT2D eigenvalue weighted by Crippen LogP contribution is 2.34. The van der Waals surface area contributed by atoms with Gasteiger partial charge in [-0.05, 0) is 38.1 Å². The van der Waals surface area contributed by atoms with Crippen molar-refractivity contribution in [2.45, 2.75) is 19.1 Å². The number of thiazole rings is 1. The molecule has 0 saturated heterocycles. The molecule has 0 aliphatic carbocycles. The van der Waals surface area contributed by atoms with Gasteiger partial charge in [-0.3, -0.25) is 9.59 Å². The Morgan fingerprint density at radius 2 is 1.90 bits per heavy atom. The molecule has 31 heavy (non-hydrogen) atoms. The summed E-state index contributed by atoms with van der Waals surface area (Å²) in [5.41, 5.74) is 2.50. The number of anilines is 2. The standard InChI is InChI=1S/C22H20N4O3S2/c1-13-11-19(26-29-13)25-21(28)14(2)30-12-20(27)23-16-8-4-3-7-15(16)22-24-17-9-5-6-10-18(17)31-22/h3-11,14H,12H2,1-2H3,(H,23,27)(H,25,26,28). The van der Waals surface area contributed by atoms with Crippen molar-refractivity contribution in [1.82, 2.24) is 10.1 Å². The molecule has 0 radical (unpaired) electrons. The van der Waals surface area contributed by atoms with Crippen molar-refractivity contribution in [3.8, 4) is 10.6 Å². The van der Waals surface area contributed by atoms with Gasteiger partial charge >= 0.3 is 0 Å². The van der Waals surface area contributed by atoms with Crippen molar-refractivity contribution in [1.29, 1.82) is 0 Å². The SMILES string of the molecule is Cc1cc(NC(=O)C(C)SCC(=O)Nc2ccccc2-c2nc3ccccc3s2)no1. The predicted molar refractivity (Wildman–Crippen MR) is 125 cm³/mol. The fourth-order valence-electron chi connectivity index (χ4n) is 2.88. The van der Waals surface area contributed by atoms with Crippen molar-refractivity contribution >= 4 is 56.6 Å². The molecule has 1 unspecified atom stereocenters. The number of nitrogens with zero attached hydrogens (tertiary/aromatic N) is 2. The van der Waals surface area contributed by atoms with E-state index in [9.17, 15) is 9.59 Å². The van der Waals surface area contributed by atoms with Gasteiger partial charge in [-0.2, -0.15) is 0 Å². The number of nitrogens with one attached hydrogen (secondary N) is 2. The van der Waals surface area contributed by atoms with Gasteiger partial charge in [0.1, 0.15) is 10.8 Å². The summed E-state index contributed by atoms with van der Waals surface area (Å²) in [6.45, 7) is 3.49. The summed E-state index contributed by atoms with van der Waals surface area (Å²) < 4.78 is 6.03. The first-order chi connectivity index (χ1) is 15.0. The van der Waals surface area contributed by atoms with Gasteiger partial charge in [0.2, 0.25) is 11.8 Å². The van der Waals surface area contributed by atoms with Crippen LogP contribution in [0.1, 0.15) is 12.7 Å². The van der Waals surface area contributed by atoms with Crippen molar-refractivity contribution < 1.29 is 14.1 Å². The van der Waals surface area contributed by atoms with E-state index < -0.39 is 5.25 Å². The summed E-state index contributed by atoms with van der Waals surface area (Å²) in [5.74, 6) is 0.697. The Balaban J connectivity index is 1.38. The molecule has 0 saturated carbocycles. The number of aryl methyl sites for hydroxylation is 1. The highest BCUT2D eigenvalue weighted by molar-refractivity contribution is 8.01. The average molecular weight is 453 g/mol. The third kappa shape index (κ3) is 5.12. The molecule has 0 aliphatic rings. The smallest absolute Gasteiger partial charge is 0.238 e. The van der Waals surface area contributed by atoms with E-state index >= 15 is 0 Å². The van der Waals surface area contributed by atoms with Crippen LogP contribution in [0.3, 0.4) is 0 Å². The summed E-state index contributed by atoms with van der Waals surface area (Å²) in [6, 6.07) is 17.2. The molecule has 0 bridgehead atoms. The maximum absolute atomic E-state index is 12.5. The van der Waals surface area contributed by atoms with E-state index in [1.54, 1.807) is 31.3 Å². The number of benzene rings is 2. The normalized spacial score (nSPS) is 11.9. The Morgan fingerprint density at radius 3 is 2.68 bits per heavy atom. The predicted octanol–water partition coefficient (Wildman–Crippen LogP) is 4.96. The Kier molecular flexibility index (Phi) is 6.34. The van der Waals surface area contributed by atoms with E-state index in [4.69, 9.17) is 4.52 Å². The van der Waals surface area contributed by atoms with Crippen LogP contribution in [0.2, 0.25) is 0 Å². The van der Waals surface area contributed by atoms with E-state index in [0.29, 0.717) is 17.3 Å². The molecule has 4 aromatic rings. The fraction of sp³-hybridized carbons (Fsp3) is 0.182. The number of amides is 2. The van der Waals surface area contributed by atoms with Crippen LogP contribution in [0.25, 0.3) is 20.8 Å². The number of hydrogen-bond donors (Lipinski definition) is 2. The number of thioether (sulfide) groups is 1. The van der Waals surface area contributed by atoms with Crippen LogP contribution >= 0.6 is 23.1 Å². The molecule has 0 spiro atoms. The fourth-order valence-corrected chi connectivity index (χ4v) is 4.57. The van der Waals surface area contributed by atoms with E-state index in [0.717, 1.165) is 20.8 Å². The molecular weight excluding hydrogens is 432 g/mol. The highest BCUT2D eigenvalue weighted by atomic mass is 32.2. The monoisotopic (exact) mass is 452 g/mol. The Bertz CT molecular complexity index is 1200. The maximum Gasteiger partial charge on any atom is 0.238 e. The number of carbonyl (C=O) groups is 2. The number of carbonyl (C=O) groups excluding carboxylic acids is 2. The quantitative estimate of drug-likeness (QED) is 0.411. The Morgan fingerprint density at radius 1 is 1.13 bits per heavy atom. The van der Waals surface area contributed by atoms with Gasteiger partial charge in [0, 0.05) is 11.6 Å². The summed E-state index contributed by atoms with van der Waals surface area (Å²) in [4.78, 5) is 29.5. The third-order valence-corrected chi connectivity index (χ3v) is 6.65. The second-order valence-electron chi connectivity index (χ2n) is 6.85. The minimum Gasteiger partial charge on any atom is -0.360 e. The number of aromatic nitrogens is 2. The van der Waals surface area contributed by atoms with Crippen LogP contribution in [0.4, 0.5) is 11.5 Å². The van der Waals surface area contributed by atoms with Crippen LogP contribution in [0.5, 0.6) is 0 Å². The molecule has 9 heteroatoms. The summed E-state index contributed by atoms with van der Waals surface area (Å²) in [6.07, 6.45) is 0. The van der Waals surface area contributed by atoms with E-state index in [1.165, 1.54) is 11.8 Å². The van der Waals surface area contributed by atoms with E-state index in [2.05, 4.69) is 20.8 Å². The zero-order valence-corrected chi connectivity index (χ0v) is 18.5. The molecule has 2 heterocycles. The molecule has 0 aliphatic heterocycles. The number of para-hydroxylation sites is 2. The third-order valence-electron chi connectivity index (χ3n) is 4.44. The first kappa shape index (κ1) is 21.1. The zero-order valence-electron chi connectivity index (χ0n) is 16.9. The Hall–Kier alpha value is -3.17. The number of rotatable bonds is 7. The molecule has 4 rings (SSSR count). The van der Waals surface area contributed by atoms with Crippen molar-refractivity contribution in [2.24, 2.45) is 0 Å². The zero-order chi connectivity index (χ0) is 21.8. The lowest BCUT2D eigenvalue weighted by Gasteiger charge is -2.12. The minimum atomic E-state index is -0.428. The summed E-state index contributed by atoms with van der Waals surface area (Å²) in [7, 11) is 0. The lowest BCUT2D eigenvalue weighted by Crippen LogP contribution is -2.25. The van der Waals surface area contributed by atoms with Gasteiger partial charge in [-0.25, -0.2) is 4.98 Å². The van der Waals surface area contributed by atoms with Crippen LogP contribution in [0, 0.1) is 6.92 Å². The van der Waals surface area contributed by atoms with Crippen LogP contribution in [-0.2, 0) is 9.59 Å². The maximum atomic E-state index is 12.5. The first-order valence-electron chi connectivity index (χ1n) is 9.60. The Labute approximate surface area is 187 Å². The average Bonchev–Trinajstić information content (AvgIpc) is 3.38. The molecule has 2 aromatic carbocycles. The molecule has 158 valence electrons. The molecule has 7 nitrogen and oxygen atoms in total. The molecule has 2 N–H and O–H groups in total. The summed E-state index contributed by atoms with van der Waals surface area (Å²) >= 11 is 2.83. The van der Waals surface area contributed by atoms with E-state index in [-0.39, 0.29) is 17.6 Å². The minimum absolute atomic E-state index is 0.139. The number of fused-ring (bicyclic) bond motifs is 1. The molecule has 1 atom stereocenters.